The molecule has 0 heterocycles. The van der Waals surface area contributed by atoms with Gasteiger partial charge in [-0.2, -0.15) is 5.26 Å². The van der Waals surface area contributed by atoms with Gasteiger partial charge in [-0.05, 0) is 36.9 Å². The summed E-state index contributed by atoms with van der Waals surface area (Å²) in [5.41, 5.74) is 1.52. The van der Waals surface area contributed by atoms with Crippen LogP contribution in [0.1, 0.15) is 25.3 Å². The maximum absolute atomic E-state index is 9.21. The van der Waals surface area contributed by atoms with Crippen LogP contribution in [0.15, 0.2) is 47.4 Å². The number of nitrogens with one attached hydrogen (secondary N) is 1. The molecule has 0 saturated carbocycles. The van der Waals surface area contributed by atoms with Crippen molar-refractivity contribution in [3.63, 3.8) is 0 Å². The van der Waals surface area contributed by atoms with E-state index in [9.17, 15) is 5.26 Å². The van der Waals surface area contributed by atoms with Gasteiger partial charge >= 0.3 is 0 Å². The third-order valence-electron chi connectivity index (χ3n) is 3.21. The summed E-state index contributed by atoms with van der Waals surface area (Å²) in [5.74, 6) is 1.58. The van der Waals surface area contributed by atoms with Crippen molar-refractivity contribution in [2.45, 2.75) is 24.7 Å². The molecule has 0 radical (unpaired) electrons. The summed E-state index contributed by atoms with van der Waals surface area (Å²) in [7, 11) is 0. The predicted octanol–water partition coefficient (Wildman–Crippen LogP) is 5.28. The molecular weight excluding hydrogens is 292 g/mol. The van der Waals surface area contributed by atoms with Gasteiger partial charge in [-0.25, -0.2) is 0 Å². The molecule has 0 atom stereocenters. The molecule has 0 spiro atoms. The predicted molar refractivity (Wildman–Crippen MR) is 92.9 cm³/mol. The van der Waals surface area contributed by atoms with Gasteiger partial charge in [0.2, 0.25) is 0 Å². The fraction of sp³-hybridized carbons (Fsp3) is 0.278. The number of rotatable bonds is 7. The first-order valence-corrected chi connectivity index (χ1v) is 8.60. The maximum atomic E-state index is 9.21. The first kappa shape index (κ1) is 16.3. The minimum absolute atomic E-state index is 0.642. The lowest BCUT2D eigenvalue weighted by Crippen LogP contribution is -2.04. The Labute approximate surface area is 136 Å². The van der Waals surface area contributed by atoms with E-state index in [4.69, 9.17) is 4.74 Å². The molecule has 1 N–H and O–H groups in total. The number of ether oxygens (including phenoxy) is 1. The van der Waals surface area contributed by atoms with Crippen molar-refractivity contribution in [2.24, 2.45) is 0 Å². The molecule has 22 heavy (non-hydrogen) atoms. The third kappa shape index (κ3) is 4.19. The zero-order valence-corrected chi connectivity index (χ0v) is 13.7. The van der Waals surface area contributed by atoms with Crippen LogP contribution in [-0.2, 0) is 0 Å². The summed E-state index contributed by atoms with van der Waals surface area (Å²) in [6.45, 7) is 3.02. The molecule has 2 aromatic rings. The van der Waals surface area contributed by atoms with E-state index < -0.39 is 0 Å². The van der Waals surface area contributed by atoms with Gasteiger partial charge in [0, 0.05) is 6.54 Å². The highest BCUT2D eigenvalue weighted by atomic mass is 32.2. The summed E-state index contributed by atoms with van der Waals surface area (Å²) in [6.07, 6.45) is 4.19. The maximum Gasteiger partial charge on any atom is 0.164 e. The van der Waals surface area contributed by atoms with Crippen LogP contribution < -0.4 is 10.1 Å². The Morgan fingerprint density at radius 1 is 1.23 bits per heavy atom. The molecule has 3 nitrogen and oxygen atoms in total. The van der Waals surface area contributed by atoms with Gasteiger partial charge in [0.1, 0.15) is 5.75 Å². The van der Waals surface area contributed by atoms with Crippen LogP contribution in [0.4, 0.5) is 5.69 Å². The molecule has 0 aliphatic heterocycles. The number of anilines is 1. The molecule has 114 valence electrons. The van der Waals surface area contributed by atoms with Gasteiger partial charge in [0.05, 0.1) is 22.2 Å². The second kappa shape index (κ2) is 8.35. The molecule has 0 aromatic heterocycles. The zero-order valence-electron chi connectivity index (χ0n) is 12.9. The molecule has 0 unspecified atom stereocenters. The van der Waals surface area contributed by atoms with E-state index >= 15 is 0 Å². The Morgan fingerprint density at radius 3 is 2.64 bits per heavy atom. The number of nitrogens with zero attached hydrogens (tertiary/aromatic N) is 1. The molecule has 0 bridgehead atoms. The van der Waals surface area contributed by atoms with Gasteiger partial charge in [0.25, 0.3) is 0 Å². The Hall–Kier alpha value is -2.12. The number of thioether (sulfide) groups is 1. The van der Waals surface area contributed by atoms with Crippen LogP contribution in [0.5, 0.6) is 11.5 Å². The smallest absolute Gasteiger partial charge is 0.164 e. The Kier molecular flexibility index (Phi) is 6.17. The summed E-state index contributed by atoms with van der Waals surface area (Å²) in [4.78, 5) is 0.960. The summed E-state index contributed by atoms with van der Waals surface area (Å²) in [6, 6.07) is 15.6. The molecule has 4 heteroatoms. The fourth-order valence-corrected chi connectivity index (χ4v) is 2.64. The van der Waals surface area contributed by atoms with Crippen molar-refractivity contribution in [2.75, 3.05) is 18.1 Å². The van der Waals surface area contributed by atoms with Crippen molar-refractivity contribution >= 4 is 17.4 Å². The molecule has 2 rings (SSSR count). The highest BCUT2D eigenvalue weighted by molar-refractivity contribution is 7.98. The van der Waals surface area contributed by atoms with Crippen LogP contribution >= 0.6 is 11.8 Å². The average Bonchev–Trinajstić information content (AvgIpc) is 2.57. The Balaban J connectivity index is 2.37. The number of unbranched alkanes of at least 4 members (excludes halogenated alkanes) is 1. The first-order valence-electron chi connectivity index (χ1n) is 7.37. The Morgan fingerprint density at radius 2 is 2.00 bits per heavy atom. The van der Waals surface area contributed by atoms with Gasteiger partial charge in [0.15, 0.2) is 5.75 Å². The van der Waals surface area contributed by atoms with Crippen molar-refractivity contribution in [3.8, 4) is 17.6 Å². The zero-order chi connectivity index (χ0) is 15.8. The first-order chi connectivity index (χ1) is 10.8. The lowest BCUT2D eigenvalue weighted by atomic mass is 10.2. The summed E-state index contributed by atoms with van der Waals surface area (Å²) < 4.78 is 6.07. The van der Waals surface area contributed by atoms with Crippen molar-refractivity contribution < 1.29 is 4.74 Å². The monoisotopic (exact) mass is 312 g/mol. The average molecular weight is 312 g/mol. The quantitative estimate of drug-likeness (QED) is 0.557. The molecule has 0 amide bonds. The highest BCUT2D eigenvalue weighted by Crippen LogP contribution is 2.39. The lowest BCUT2D eigenvalue weighted by Gasteiger charge is -2.16. The van der Waals surface area contributed by atoms with E-state index in [0.29, 0.717) is 5.56 Å². The second-order valence-corrected chi connectivity index (χ2v) is 5.71. The van der Waals surface area contributed by atoms with Crippen molar-refractivity contribution in [3.05, 3.63) is 48.0 Å². The lowest BCUT2D eigenvalue weighted by molar-refractivity contribution is 0.473. The van der Waals surface area contributed by atoms with Crippen LogP contribution in [-0.4, -0.2) is 12.8 Å². The van der Waals surface area contributed by atoms with Crippen LogP contribution in [0, 0.1) is 11.3 Å². The number of hydrogen-bond donors (Lipinski definition) is 1. The highest BCUT2D eigenvalue weighted by Gasteiger charge is 2.13. The van der Waals surface area contributed by atoms with Gasteiger partial charge in [-0.1, -0.05) is 31.5 Å². The number of benzene rings is 2. The molecular formula is C18H20N2OS. The van der Waals surface area contributed by atoms with E-state index in [2.05, 4.69) is 18.3 Å². The summed E-state index contributed by atoms with van der Waals surface area (Å²) >= 11 is 1.58. The minimum atomic E-state index is 0.642. The molecule has 0 saturated heterocycles. The standard InChI is InChI=1S/C18H20N2OS/c1-3-4-10-20-16-11-14(13-19)12-17(22-2)18(16)21-15-8-6-5-7-9-15/h5-9,11-12,20H,3-4,10H2,1-2H3. The number of hydrogen-bond acceptors (Lipinski definition) is 4. The summed E-state index contributed by atoms with van der Waals surface area (Å²) in [5, 5.41) is 12.6. The van der Waals surface area contributed by atoms with Crippen molar-refractivity contribution in [1.82, 2.24) is 0 Å². The normalized spacial score (nSPS) is 10.0. The SMILES string of the molecule is CCCCNc1cc(C#N)cc(SC)c1Oc1ccccc1. The van der Waals surface area contributed by atoms with Gasteiger partial charge in [-0.15, -0.1) is 11.8 Å². The third-order valence-corrected chi connectivity index (χ3v) is 3.96. The van der Waals surface area contributed by atoms with E-state index in [0.717, 1.165) is 41.5 Å². The number of para-hydroxylation sites is 1. The van der Waals surface area contributed by atoms with Crippen LogP contribution in [0.2, 0.25) is 0 Å². The van der Waals surface area contributed by atoms with E-state index in [1.54, 1.807) is 11.8 Å². The minimum Gasteiger partial charge on any atom is -0.454 e. The molecule has 0 aliphatic rings. The number of nitriles is 1. The second-order valence-electron chi connectivity index (χ2n) is 4.86. The van der Waals surface area contributed by atoms with Crippen molar-refractivity contribution in [1.29, 1.82) is 5.26 Å². The van der Waals surface area contributed by atoms with E-state index in [1.807, 2.05) is 48.7 Å². The van der Waals surface area contributed by atoms with Crippen LogP contribution in [0.25, 0.3) is 0 Å². The fourth-order valence-electron chi connectivity index (χ4n) is 2.06. The Bertz CT molecular complexity index is 650. The van der Waals surface area contributed by atoms with E-state index in [-0.39, 0.29) is 0 Å². The molecule has 2 aromatic carbocycles. The van der Waals surface area contributed by atoms with E-state index in [1.165, 1.54) is 0 Å². The molecule has 0 aliphatic carbocycles. The van der Waals surface area contributed by atoms with Crippen LogP contribution in [0.3, 0.4) is 0 Å². The van der Waals surface area contributed by atoms with Gasteiger partial charge < -0.3 is 10.1 Å². The largest absolute Gasteiger partial charge is 0.454 e. The van der Waals surface area contributed by atoms with Gasteiger partial charge in [-0.3, -0.25) is 0 Å². The molecule has 0 fully saturated rings. The topological polar surface area (TPSA) is 45.0 Å².